The van der Waals surface area contributed by atoms with Crippen LogP contribution in [-0.4, -0.2) is 29.6 Å². The van der Waals surface area contributed by atoms with Crippen LogP contribution in [0.2, 0.25) is 0 Å². The molecule has 27 heavy (non-hydrogen) atoms. The number of alkyl halides is 1. The summed E-state index contributed by atoms with van der Waals surface area (Å²) in [6.45, 7) is 3.46. The van der Waals surface area contributed by atoms with Crippen LogP contribution in [0, 0.1) is 5.82 Å². The van der Waals surface area contributed by atoms with Crippen LogP contribution in [0.5, 0.6) is 0 Å². The lowest BCUT2D eigenvalue weighted by atomic mass is 10.1. The Morgan fingerprint density at radius 2 is 1.96 bits per heavy atom. The largest absolute Gasteiger partial charge is 0.465 e. The Morgan fingerprint density at radius 1 is 1.26 bits per heavy atom. The molecule has 0 fully saturated rings. The van der Waals surface area contributed by atoms with Gasteiger partial charge in [-0.1, -0.05) is 0 Å². The van der Waals surface area contributed by atoms with Gasteiger partial charge < -0.3 is 13.9 Å². The summed E-state index contributed by atoms with van der Waals surface area (Å²) in [5, 5.41) is 0.315. The van der Waals surface area contributed by atoms with Gasteiger partial charge in [0.1, 0.15) is 16.2 Å². The molecule has 0 radical (unpaired) electrons. The molecule has 1 atom stereocenters. The minimum absolute atomic E-state index is 0.0112. The Balaban J connectivity index is 2.30. The summed E-state index contributed by atoms with van der Waals surface area (Å²) < 4.78 is 26.0. The summed E-state index contributed by atoms with van der Waals surface area (Å²) in [5.41, 5.74) is -0.570. The van der Waals surface area contributed by atoms with E-state index in [2.05, 4.69) is 0 Å². The van der Waals surface area contributed by atoms with Crippen molar-refractivity contribution in [2.24, 2.45) is 0 Å². The number of esters is 2. The molecule has 0 saturated carbocycles. The highest BCUT2D eigenvalue weighted by Crippen LogP contribution is 2.30. The molecule has 0 aliphatic rings. The SMILES string of the molecule is CCOC(=O)c1c(=O)c2cc(F)c(C(Cl)C(=O)OCC)cc2n2ccsc12. The molecule has 0 saturated heterocycles. The third kappa shape index (κ3) is 3.30. The van der Waals surface area contributed by atoms with Gasteiger partial charge in [0.05, 0.1) is 18.7 Å². The molecule has 9 heteroatoms. The van der Waals surface area contributed by atoms with Gasteiger partial charge in [-0.15, -0.1) is 22.9 Å². The van der Waals surface area contributed by atoms with E-state index in [1.54, 1.807) is 29.8 Å². The van der Waals surface area contributed by atoms with Gasteiger partial charge in [0.2, 0.25) is 5.43 Å². The standard InChI is InChI=1S/C18H15ClFNO5S/c1-3-25-17(23)13-15(22)10-7-11(20)9(14(19)18(24)26-4-2)8-12(10)21-5-6-27-16(13)21/h5-8,14H,3-4H2,1-2H3. The van der Waals surface area contributed by atoms with Crippen molar-refractivity contribution in [3.8, 4) is 0 Å². The van der Waals surface area contributed by atoms with Crippen LogP contribution in [0.15, 0.2) is 28.5 Å². The lowest BCUT2D eigenvalue weighted by Crippen LogP contribution is -2.20. The number of rotatable bonds is 5. The predicted molar refractivity (Wildman–Crippen MR) is 100 cm³/mol. The van der Waals surface area contributed by atoms with E-state index in [-0.39, 0.29) is 29.7 Å². The van der Waals surface area contributed by atoms with E-state index in [0.717, 1.165) is 6.07 Å². The molecule has 0 aliphatic heterocycles. The van der Waals surface area contributed by atoms with Crippen molar-refractivity contribution in [1.29, 1.82) is 0 Å². The van der Waals surface area contributed by atoms with E-state index in [4.69, 9.17) is 21.1 Å². The van der Waals surface area contributed by atoms with Gasteiger partial charge in [-0.05, 0) is 26.0 Å². The summed E-state index contributed by atoms with van der Waals surface area (Å²) in [4.78, 5) is 37.3. The average molecular weight is 412 g/mol. The molecule has 1 aromatic carbocycles. The number of halogens is 2. The first-order valence-corrected chi connectivity index (χ1v) is 9.45. The van der Waals surface area contributed by atoms with Crippen LogP contribution in [-0.2, 0) is 14.3 Å². The van der Waals surface area contributed by atoms with E-state index in [1.807, 2.05) is 0 Å². The van der Waals surface area contributed by atoms with Crippen LogP contribution in [0.3, 0.4) is 0 Å². The van der Waals surface area contributed by atoms with Crippen molar-refractivity contribution in [2.45, 2.75) is 19.2 Å². The van der Waals surface area contributed by atoms with Gasteiger partial charge in [-0.3, -0.25) is 9.59 Å². The zero-order valence-electron chi connectivity index (χ0n) is 14.5. The Morgan fingerprint density at radius 3 is 2.63 bits per heavy atom. The van der Waals surface area contributed by atoms with Crippen molar-refractivity contribution in [1.82, 2.24) is 4.40 Å². The zero-order valence-corrected chi connectivity index (χ0v) is 16.0. The lowest BCUT2D eigenvalue weighted by molar-refractivity contribution is -0.142. The molecule has 0 amide bonds. The summed E-state index contributed by atoms with van der Waals surface area (Å²) in [5.74, 6) is -2.39. The van der Waals surface area contributed by atoms with E-state index >= 15 is 0 Å². The summed E-state index contributed by atoms with van der Waals surface area (Å²) in [7, 11) is 0. The van der Waals surface area contributed by atoms with E-state index < -0.39 is 28.6 Å². The number of carbonyl (C=O) groups excluding carboxylic acids is 2. The topological polar surface area (TPSA) is 74.1 Å². The highest BCUT2D eigenvalue weighted by molar-refractivity contribution is 7.16. The van der Waals surface area contributed by atoms with Gasteiger partial charge in [0.15, 0.2) is 5.38 Å². The maximum atomic E-state index is 14.6. The number of thiazole rings is 1. The molecule has 6 nitrogen and oxygen atoms in total. The minimum atomic E-state index is -1.36. The van der Waals surface area contributed by atoms with Crippen molar-refractivity contribution >= 4 is 50.6 Å². The number of pyridine rings is 1. The highest BCUT2D eigenvalue weighted by atomic mass is 35.5. The van der Waals surface area contributed by atoms with Gasteiger partial charge in [-0.25, -0.2) is 9.18 Å². The number of carbonyl (C=O) groups is 2. The summed E-state index contributed by atoms with van der Waals surface area (Å²) in [6.07, 6.45) is 1.64. The van der Waals surface area contributed by atoms with Crippen LogP contribution < -0.4 is 5.43 Å². The molecule has 3 rings (SSSR count). The molecule has 0 bridgehead atoms. The molecule has 2 heterocycles. The quantitative estimate of drug-likeness (QED) is 0.473. The third-order valence-corrected chi connectivity index (χ3v) is 5.21. The van der Waals surface area contributed by atoms with Gasteiger partial charge in [0, 0.05) is 22.5 Å². The van der Waals surface area contributed by atoms with Crippen LogP contribution in [0.4, 0.5) is 4.39 Å². The molecule has 1 unspecified atom stereocenters. The predicted octanol–water partition coefficient (Wildman–Crippen LogP) is 3.67. The Labute approximate surface area is 162 Å². The maximum Gasteiger partial charge on any atom is 0.345 e. The molecular formula is C18H15ClFNO5S. The molecule has 0 N–H and O–H groups in total. The molecule has 0 spiro atoms. The van der Waals surface area contributed by atoms with Crippen LogP contribution >= 0.6 is 22.9 Å². The highest BCUT2D eigenvalue weighted by Gasteiger charge is 2.26. The zero-order chi connectivity index (χ0) is 19.7. The molecule has 142 valence electrons. The minimum Gasteiger partial charge on any atom is -0.465 e. The number of aromatic nitrogens is 1. The van der Waals surface area contributed by atoms with E-state index in [9.17, 15) is 18.8 Å². The van der Waals surface area contributed by atoms with Crippen LogP contribution in [0.1, 0.15) is 35.1 Å². The van der Waals surface area contributed by atoms with Gasteiger partial charge in [-0.2, -0.15) is 0 Å². The third-order valence-electron chi connectivity index (χ3n) is 3.91. The van der Waals surface area contributed by atoms with Gasteiger partial charge >= 0.3 is 11.9 Å². The number of hydrogen-bond acceptors (Lipinski definition) is 6. The van der Waals surface area contributed by atoms with E-state index in [1.165, 1.54) is 17.4 Å². The second kappa shape index (κ2) is 7.66. The summed E-state index contributed by atoms with van der Waals surface area (Å²) >= 11 is 7.23. The van der Waals surface area contributed by atoms with Crippen molar-refractivity contribution in [2.75, 3.05) is 13.2 Å². The maximum absolute atomic E-state index is 14.6. The first kappa shape index (κ1) is 19.3. The molecular weight excluding hydrogens is 397 g/mol. The van der Waals surface area contributed by atoms with Crippen molar-refractivity contribution in [3.63, 3.8) is 0 Å². The molecule has 0 aliphatic carbocycles. The lowest BCUT2D eigenvalue weighted by Gasteiger charge is -2.13. The second-order valence-electron chi connectivity index (χ2n) is 5.51. The molecule has 3 aromatic rings. The number of nitrogens with zero attached hydrogens (tertiary/aromatic N) is 1. The number of ether oxygens (including phenoxy) is 2. The smallest absolute Gasteiger partial charge is 0.345 e. The Bertz CT molecular complexity index is 1110. The fraction of sp³-hybridized carbons (Fsp3) is 0.278. The second-order valence-corrected chi connectivity index (χ2v) is 6.84. The first-order chi connectivity index (χ1) is 12.9. The monoisotopic (exact) mass is 411 g/mol. The Kier molecular flexibility index (Phi) is 5.48. The van der Waals surface area contributed by atoms with E-state index in [0.29, 0.717) is 10.3 Å². The van der Waals surface area contributed by atoms with Crippen molar-refractivity contribution in [3.05, 3.63) is 50.9 Å². The summed E-state index contributed by atoms with van der Waals surface area (Å²) in [6, 6.07) is 2.31. The first-order valence-electron chi connectivity index (χ1n) is 8.13. The number of hydrogen-bond donors (Lipinski definition) is 0. The fourth-order valence-corrected chi connectivity index (χ4v) is 3.87. The molecule has 2 aromatic heterocycles. The van der Waals surface area contributed by atoms with Crippen LogP contribution in [0.25, 0.3) is 15.7 Å². The number of benzene rings is 1. The van der Waals surface area contributed by atoms with Crippen molar-refractivity contribution < 1.29 is 23.5 Å². The van der Waals surface area contributed by atoms with Gasteiger partial charge in [0.25, 0.3) is 0 Å². The average Bonchev–Trinajstić information content (AvgIpc) is 3.10. The number of fused-ring (bicyclic) bond motifs is 3. The Hall–Kier alpha value is -2.45. The fourth-order valence-electron chi connectivity index (χ4n) is 2.76. The normalized spacial score (nSPS) is 12.3.